The van der Waals surface area contributed by atoms with E-state index >= 15 is 0 Å². The van der Waals surface area contributed by atoms with Crippen molar-refractivity contribution in [1.82, 2.24) is 0 Å². The zero-order chi connectivity index (χ0) is 101. The number of fused-ring (bicyclic) bond motifs is 9. The minimum atomic E-state index is -0.372. The van der Waals surface area contributed by atoms with Crippen LogP contribution in [0.4, 0.5) is 0 Å². The Bertz CT molecular complexity index is 3480. The van der Waals surface area contributed by atoms with Gasteiger partial charge >= 0.3 is 47.8 Å². The highest BCUT2D eigenvalue weighted by Gasteiger charge is 2.67. The molecule has 16 heteroatoms. The summed E-state index contributed by atoms with van der Waals surface area (Å²) in [5, 5.41) is 0. The summed E-state index contributed by atoms with van der Waals surface area (Å²) in [7, 11) is 0. The van der Waals surface area contributed by atoms with E-state index in [1.807, 2.05) is 173 Å². The summed E-state index contributed by atoms with van der Waals surface area (Å²) < 4.78 is 46.4. The SMILES string of the molecule is C.C.C.C.C.C.C.C.C.C.C.C.C.C.C.C.CCC(C)(C)C(=O)OC(C)(C)C.CCC(C)(C)C(=O)OC(C)(C)C1CCCC1.CCC(C)(C)C(=O)OC(C)(C)C1CCCCC1.CCC(C)(C)C(=O)OC(C)(C1CCCCC1)C1CCCCC1.CCC(C)(C)C(=O)OC1(C)CC2CC1C1C3CCC(C3)C21.CCC(C)(C)C(=O)OC1(C)CCCC1.CCC(C)(C)C(=O)OC1(C)CCCCC1.CCC(C)(C)C(=O)OC1(C)CCCCCC1. The van der Waals surface area contributed by atoms with Gasteiger partial charge in [-0.3, -0.25) is 38.4 Å². The van der Waals surface area contributed by atoms with Gasteiger partial charge in [-0.2, -0.15) is 0 Å². The van der Waals surface area contributed by atoms with Crippen molar-refractivity contribution >= 4 is 47.8 Å². The van der Waals surface area contributed by atoms with Crippen molar-refractivity contribution in [3.8, 4) is 0 Å². The molecule has 904 valence electrons. The molecule has 0 heterocycles. The number of ether oxygens (including phenoxy) is 8. The number of carbonyl (C=O) groups is 8. The maximum atomic E-state index is 12.8. The van der Waals surface area contributed by atoms with Crippen LogP contribution in [0, 0.1) is 102 Å². The average molecular weight is 2130 g/mol. The normalized spacial score (nSPS) is 22.0. The number of esters is 8. The summed E-state index contributed by atoms with van der Waals surface area (Å²) in [6, 6.07) is 0. The molecule has 11 rings (SSSR count). The second-order valence-corrected chi connectivity index (χ2v) is 52.1. The van der Waals surface area contributed by atoms with E-state index in [1.165, 1.54) is 205 Å². The molecule has 149 heavy (non-hydrogen) atoms. The molecule has 0 aliphatic heterocycles. The molecule has 0 aromatic carbocycles. The van der Waals surface area contributed by atoms with Gasteiger partial charge in [0.1, 0.15) is 44.8 Å². The van der Waals surface area contributed by atoms with Gasteiger partial charge in [0.15, 0.2) is 0 Å². The molecule has 0 saturated heterocycles. The molecule has 0 amide bonds. The van der Waals surface area contributed by atoms with Crippen LogP contribution in [-0.2, 0) is 76.3 Å². The van der Waals surface area contributed by atoms with Crippen molar-refractivity contribution in [2.75, 3.05) is 0 Å². The van der Waals surface area contributed by atoms with Gasteiger partial charge in [0.25, 0.3) is 0 Å². The first-order valence-electron chi connectivity index (χ1n) is 55.1. The van der Waals surface area contributed by atoms with E-state index < -0.39 is 0 Å². The van der Waals surface area contributed by atoms with E-state index in [0.29, 0.717) is 29.6 Å². The fraction of sp³-hybridized carbons (Fsp3) is 0.940. The van der Waals surface area contributed by atoms with Gasteiger partial charge in [0.05, 0.1) is 43.3 Å². The lowest BCUT2D eigenvalue weighted by Gasteiger charge is -2.47. The first kappa shape index (κ1) is 172. The Hall–Kier alpha value is -4.24. The van der Waals surface area contributed by atoms with Crippen molar-refractivity contribution in [2.24, 2.45) is 102 Å². The highest BCUT2D eigenvalue weighted by Crippen LogP contribution is 2.70. The summed E-state index contributed by atoms with van der Waals surface area (Å²) in [4.78, 5) is 96.8. The Kier molecular flexibility index (Phi) is 84.1. The van der Waals surface area contributed by atoms with Crippen molar-refractivity contribution in [3.05, 3.63) is 0 Å². The van der Waals surface area contributed by atoms with Crippen molar-refractivity contribution in [1.29, 1.82) is 0 Å². The monoisotopic (exact) mass is 2130 g/mol. The molecule has 7 unspecified atom stereocenters. The lowest BCUT2D eigenvalue weighted by Crippen LogP contribution is -2.49. The minimum absolute atomic E-state index is 0. The van der Waals surface area contributed by atoms with Gasteiger partial charge in [0, 0.05) is 5.92 Å². The van der Waals surface area contributed by atoms with Crippen LogP contribution >= 0.6 is 0 Å². The predicted molar refractivity (Wildman–Crippen MR) is 654 cm³/mol. The molecule has 11 saturated carbocycles. The molecule has 0 N–H and O–H groups in total. The third kappa shape index (κ3) is 51.5. The van der Waals surface area contributed by atoms with Crippen molar-refractivity contribution in [3.63, 3.8) is 0 Å². The molecule has 11 aliphatic rings. The van der Waals surface area contributed by atoms with Crippen LogP contribution in [0.3, 0.4) is 0 Å². The van der Waals surface area contributed by atoms with Gasteiger partial charge in [-0.15, -0.1) is 0 Å². The molecule has 0 aromatic heterocycles. The largest absolute Gasteiger partial charge is 0.460 e. The molecule has 11 fully saturated rings. The lowest BCUT2D eigenvalue weighted by molar-refractivity contribution is -0.187. The summed E-state index contributed by atoms with van der Waals surface area (Å²) >= 11 is 0. The van der Waals surface area contributed by atoms with Gasteiger partial charge in [-0.05, 0) is 459 Å². The summed E-state index contributed by atoms with van der Waals surface area (Å²) in [6.07, 6.45) is 54.8. The van der Waals surface area contributed by atoms with E-state index in [9.17, 15) is 38.4 Å². The maximum absolute atomic E-state index is 12.8. The predicted octanol–water partition coefficient (Wildman–Crippen LogP) is 42.6. The topological polar surface area (TPSA) is 210 Å². The van der Waals surface area contributed by atoms with E-state index in [1.54, 1.807) is 0 Å². The van der Waals surface area contributed by atoms with Gasteiger partial charge in [-0.1, -0.05) is 264 Å². The Morgan fingerprint density at radius 3 is 0.678 bits per heavy atom. The number of carbonyl (C=O) groups excluding carboxylic acids is 8. The van der Waals surface area contributed by atoms with Crippen LogP contribution in [0.1, 0.15) is 670 Å². The second-order valence-electron chi connectivity index (χ2n) is 52.1. The van der Waals surface area contributed by atoms with E-state index in [-0.39, 0.29) is 255 Å². The smallest absolute Gasteiger partial charge is 0.312 e. The molecular formula is C133H276O16. The zero-order valence-electron chi connectivity index (χ0n) is 93.5. The maximum Gasteiger partial charge on any atom is 0.312 e. The lowest BCUT2D eigenvalue weighted by atomic mass is 9.66. The molecule has 0 radical (unpaired) electrons. The standard InChI is InChI=1S/C20H36O2.C19H30O2.C15H28O2.2C14H26O2.C13H24O2.C12H22O2.C10H20O2.16CH4/c1-5-19(2,3)18(21)22-20(4,16-12-8-6-9-13-16)17-14-10-7-11-15-17;1-5-18(2,3)17(20)21-19(4)10-13-9-14(19)16-12-7-6-11(8-12)15(13)16;1-6-14(2,3)13(16)17-15(4,5)12-10-8-7-9-11-12;1-6-13(2,3)12(15)16-14(4,5)11-9-7-8-10-11;1-5-13(2,3)12(15)16-14(4)10-8-6-7-9-11-14;1-5-12(2,3)11(14)15-13(4)9-7-6-8-10-13;1-5-11(2,3)10(13)14-12(4)8-6-7-9-12;1-7-10(5,6)8(11)12-9(2,3)4;;;;;;;;;;;;;;;;/h16-17H,5-15H2,1-4H3;11-16H,5-10H2,1-4H3;12H,6-11H2,1-5H3;11H,6-10H2,1-5H3;5-11H2,1-4H3;5-10H2,1-4H3;5-9H2,1-4H3;7H2,1-6H3;16*1H4. The average Bonchev–Trinajstić information content (AvgIpc) is 1.53. The minimum Gasteiger partial charge on any atom is -0.460 e. The fourth-order valence-corrected chi connectivity index (χ4v) is 21.7. The van der Waals surface area contributed by atoms with Crippen LogP contribution in [0.25, 0.3) is 0 Å². The highest BCUT2D eigenvalue weighted by molar-refractivity contribution is 5.79. The van der Waals surface area contributed by atoms with E-state index in [0.717, 1.165) is 126 Å². The molecule has 0 spiro atoms. The van der Waals surface area contributed by atoms with Crippen LogP contribution in [0.15, 0.2) is 0 Å². The van der Waals surface area contributed by atoms with Gasteiger partial charge in [0.2, 0.25) is 0 Å². The van der Waals surface area contributed by atoms with Crippen molar-refractivity contribution < 1.29 is 76.3 Å². The highest BCUT2D eigenvalue weighted by atomic mass is 16.6. The first-order valence-corrected chi connectivity index (χ1v) is 55.1. The Morgan fingerprint density at radius 1 is 0.221 bits per heavy atom. The van der Waals surface area contributed by atoms with E-state index in [2.05, 4.69) is 76.2 Å². The Morgan fingerprint density at radius 2 is 0.423 bits per heavy atom. The molecule has 16 nitrogen and oxygen atoms in total. The summed E-state index contributed by atoms with van der Waals surface area (Å²) in [5.41, 5.74) is -4.69. The fourth-order valence-electron chi connectivity index (χ4n) is 21.7. The second kappa shape index (κ2) is 72.7. The van der Waals surface area contributed by atoms with Gasteiger partial charge < -0.3 is 37.9 Å². The van der Waals surface area contributed by atoms with Crippen molar-refractivity contribution in [2.45, 2.75) is 715 Å². The van der Waals surface area contributed by atoms with Crippen LogP contribution < -0.4 is 0 Å². The summed E-state index contributed by atoms with van der Waals surface area (Å²) in [5.74, 6) is 7.29. The third-order valence-corrected chi connectivity index (χ3v) is 35.8. The molecule has 4 bridgehead atoms. The third-order valence-electron chi connectivity index (χ3n) is 35.8. The first-order chi connectivity index (χ1) is 61.2. The molecule has 0 aromatic rings. The van der Waals surface area contributed by atoms with Crippen LogP contribution in [-0.4, -0.2) is 92.6 Å². The molecule has 11 aliphatic carbocycles. The number of hydrogen-bond donors (Lipinski definition) is 0. The number of rotatable bonds is 27. The van der Waals surface area contributed by atoms with Crippen LogP contribution in [0.2, 0.25) is 0 Å². The Balaban J connectivity index is -0.000000128. The summed E-state index contributed by atoms with van der Waals surface area (Å²) in [6.45, 7) is 72.5. The quantitative estimate of drug-likeness (QED) is 0.0324. The molecular weight excluding hydrogens is 1850 g/mol. The zero-order valence-corrected chi connectivity index (χ0v) is 93.5. The Labute approximate surface area is 935 Å². The van der Waals surface area contributed by atoms with Gasteiger partial charge in [-0.25, -0.2) is 0 Å². The number of hydrogen-bond acceptors (Lipinski definition) is 16. The molecule has 7 atom stereocenters. The van der Waals surface area contributed by atoms with Crippen LogP contribution in [0.5, 0.6) is 0 Å². The van der Waals surface area contributed by atoms with E-state index in [4.69, 9.17) is 37.9 Å².